The molecule has 2 aromatic rings. The third-order valence-corrected chi connectivity index (χ3v) is 2.89. The van der Waals surface area contributed by atoms with Crippen LogP contribution in [0.15, 0.2) is 36.4 Å². The van der Waals surface area contributed by atoms with Gasteiger partial charge in [0.25, 0.3) is 5.91 Å². The molecule has 0 aliphatic heterocycles. The van der Waals surface area contributed by atoms with Crippen LogP contribution in [-0.4, -0.2) is 5.91 Å². The molecule has 0 unspecified atom stereocenters. The molecule has 0 saturated heterocycles. The number of hydrogen-bond donors (Lipinski definition) is 2. The zero-order chi connectivity index (χ0) is 14.0. The Labute approximate surface area is 111 Å². The highest BCUT2D eigenvalue weighted by Gasteiger charge is 2.14. The van der Waals surface area contributed by atoms with Gasteiger partial charge >= 0.3 is 0 Å². The van der Waals surface area contributed by atoms with Crippen molar-refractivity contribution in [1.29, 1.82) is 0 Å². The molecule has 0 heterocycles. The lowest BCUT2D eigenvalue weighted by Gasteiger charge is -2.10. The quantitative estimate of drug-likeness (QED) is 0.812. The summed E-state index contributed by atoms with van der Waals surface area (Å²) in [5.41, 5.74) is 8.20. The highest BCUT2D eigenvalue weighted by atomic mass is 19.1. The van der Waals surface area contributed by atoms with E-state index >= 15 is 0 Å². The molecular weight excluding hydrogens is 243 g/mol. The number of benzene rings is 2. The van der Waals surface area contributed by atoms with Crippen LogP contribution in [0.5, 0.6) is 0 Å². The number of hydrogen-bond acceptors (Lipinski definition) is 2. The van der Waals surface area contributed by atoms with E-state index in [1.807, 2.05) is 13.0 Å². The van der Waals surface area contributed by atoms with Crippen molar-refractivity contribution in [1.82, 2.24) is 0 Å². The molecule has 0 atom stereocenters. The van der Waals surface area contributed by atoms with Crippen LogP contribution < -0.4 is 11.1 Å². The van der Waals surface area contributed by atoms with E-state index in [1.54, 1.807) is 31.2 Å². The molecule has 1 amide bonds. The number of carbonyl (C=O) groups is 1. The largest absolute Gasteiger partial charge is 0.397 e. The Kier molecular flexibility index (Phi) is 3.51. The van der Waals surface area contributed by atoms with Crippen molar-refractivity contribution in [2.24, 2.45) is 0 Å². The minimum atomic E-state index is -0.509. The zero-order valence-electron chi connectivity index (χ0n) is 10.8. The van der Waals surface area contributed by atoms with Crippen LogP contribution in [0.1, 0.15) is 21.5 Å². The molecule has 4 heteroatoms. The molecule has 2 aromatic carbocycles. The third kappa shape index (κ3) is 2.73. The van der Waals surface area contributed by atoms with Crippen LogP contribution >= 0.6 is 0 Å². The van der Waals surface area contributed by atoms with Gasteiger partial charge in [-0.15, -0.1) is 0 Å². The number of nitrogens with two attached hydrogens (primary N) is 1. The van der Waals surface area contributed by atoms with Crippen molar-refractivity contribution in [2.75, 3.05) is 11.1 Å². The van der Waals surface area contributed by atoms with E-state index in [-0.39, 0.29) is 5.56 Å². The lowest BCUT2D eigenvalue weighted by atomic mass is 10.1. The van der Waals surface area contributed by atoms with E-state index in [1.165, 1.54) is 6.07 Å². The van der Waals surface area contributed by atoms with Crippen LogP contribution in [0, 0.1) is 19.7 Å². The number of carbonyl (C=O) groups excluding carboxylic acids is 1. The molecule has 0 saturated carbocycles. The molecule has 0 bridgehead atoms. The van der Waals surface area contributed by atoms with Gasteiger partial charge in [-0.3, -0.25) is 4.79 Å². The predicted molar refractivity (Wildman–Crippen MR) is 74.7 cm³/mol. The van der Waals surface area contributed by atoms with Crippen molar-refractivity contribution in [3.63, 3.8) is 0 Å². The second-order valence-electron chi connectivity index (χ2n) is 4.48. The number of halogens is 1. The van der Waals surface area contributed by atoms with E-state index in [0.717, 1.165) is 5.56 Å². The summed E-state index contributed by atoms with van der Waals surface area (Å²) in [5, 5.41) is 2.62. The van der Waals surface area contributed by atoms with Gasteiger partial charge in [0, 0.05) is 0 Å². The summed E-state index contributed by atoms with van der Waals surface area (Å²) < 4.78 is 13.8. The van der Waals surface area contributed by atoms with Gasteiger partial charge in [-0.1, -0.05) is 18.2 Å². The maximum atomic E-state index is 13.8. The molecule has 0 spiro atoms. The molecule has 98 valence electrons. The second-order valence-corrected chi connectivity index (χ2v) is 4.48. The minimum Gasteiger partial charge on any atom is -0.397 e. The zero-order valence-corrected chi connectivity index (χ0v) is 10.8. The first-order valence-corrected chi connectivity index (χ1v) is 5.91. The number of nitrogen functional groups attached to an aromatic ring is 1. The fourth-order valence-electron chi connectivity index (χ4n) is 1.81. The number of aryl methyl sites for hydroxylation is 2. The smallest absolute Gasteiger partial charge is 0.258 e. The topological polar surface area (TPSA) is 55.1 Å². The Morgan fingerprint density at radius 1 is 1.21 bits per heavy atom. The lowest BCUT2D eigenvalue weighted by Crippen LogP contribution is -2.15. The maximum Gasteiger partial charge on any atom is 0.258 e. The summed E-state index contributed by atoms with van der Waals surface area (Å²) in [5.74, 6) is -1.01. The number of amides is 1. The molecule has 3 nitrogen and oxygen atoms in total. The Bertz CT molecular complexity index is 638. The Morgan fingerprint density at radius 3 is 2.63 bits per heavy atom. The highest BCUT2D eigenvalue weighted by molar-refractivity contribution is 6.06. The van der Waals surface area contributed by atoms with Gasteiger partial charge < -0.3 is 11.1 Å². The van der Waals surface area contributed by atoms with Crippen LogP contribution in [0.4, 0.5) is 15.8 Å². The van der Waals surface area contributed by atoms with Crippen molar-refractivity contribution >= 4 is 17.3 Å². The number of anilines is 2. The maximum absolute atomic E-state index is 13.8. The van der Waals surface area contributed by atoms with E-state index in [4.69, 9.17) is 5.73 Å². The summed E-state index contributed by atoms with van der Waals surface area (Å²) in [6.07, 6.45) is 0. The Morgan fingerprint density at radius 2 is 1.95 bits per heavy atom. The summed E-state index contributed by atoms with van der Waals surface area (Å²) in [7, 11) is 0. The molecule has 0 aromatic heterocycles. The van der Waals surface area contributed by atoms with Crippen LogP contribution in [-0.2, 0) is 0 Å². The van der Waals surface area contributed by atoms with Gasteiger partial charge in [0.05, 0.1) is 16.9 Å². The summed E-state index contributed by atoms with van der Waals surface area (Å²) >= 11 is 0. The summed E-state index contributed by atoms with van der Waals surface area (Å²) in [6, 6.07) is 10.00. The SMILES string of the molecule is Cc1ccc(NC(=O)c2cccc(C)c2F)c(N)c1. The molecule has 0 radical (unpaired) electrons. The first-order valence-electron chi connectivity index (χ1n) is 5.91. The number of rotatable bonds is 2. The van der Waals surface area contributed by atoms with Gasteiger partial charge in [0.1, 0.15) is 5.82 Å². The van der Waals surface area contributed by atoms with E-state index in [9.17, 15) is 9.18 Å². The fraction of sp³-hybridized carbons (Fsp3) is 0.133. The van der Waals surface area contributed by atoms with E-state index < -0.39 is 11.7 Å². The van der Waals surface area contributed by atoms with Crippen molar-refractivity contribution in [2.45, 2.75) is 13.8 Å². The molecule has 3 N–H and O–H groups in total. The van der Waals surface area contributed by atoms with Gasteiger partial charge in [0.2, 0.25) is 0 Å². The van der Waals surface area contributed by atoms with Crippen LogP contribution in [0.3, 0.4) is 0 Å². The third-order valence-electron chi connectivity index (χ3n) is 2.89. The lowest BCUT2D eigenvalue weighted by molar-refractivity contribution is 0.102. The van der Waals surface area contributed by atoms with Crippen LogP contribution in [0.25, 0.3) is 0 Å². The summed E-state index contributed by atoms with van der Waals surface area (Å²) in [6.45, 7) is 3.52. The molecular formula is C15H15FN2O. The monoisotopic (exact) mass is 258 g/mol. The first-order chi connectivity index (χ1) is 8.99. The second kappa shape index (κ2) is 5.10. The Balaban J connectivity index is 2.28. The van der Waals surface area contributed by atoms with Crippen LogP contribution in [0.2, 0.25) is 0 Å². The average molecular weight is 258 g/mol. The van der Waals surface area contributed by atoms with Gasteiger partial charge in [-0.05, 0) is 43.2 Å². The molecule has 2 rings (SSSR count). The number of nitrogens with one attached hydrogen (secondary N) is 1. The molecule has 19 heavy (non-hydrogen) atoms. The van der Waals surface area contributed by atoms with E-state index in [0.29, 0.717) is 16.9 Å². The minimum absolute atomic E-state index is 0.0139. The summed E-state index contributed by atoms with van der Waals surface area (Å²) in [4.78, 5) is 12.0. The highest BCUT2D eigenvalue weighted by Crippen LogP contribution is 2.21. The van der Waals surface area contributed by atoms with E-state index in [2.05, 4.69) is 5.32 Å². The Hall–Kier alpha value is -2.36. The molecule has 0 aliphatic rings. The standard InChI is InChI=1S/C15H15FN2O/c1-9-6-7-13(12(17)8-9)18-15(19)11-5-3-4-10(2)14(11)16/h3-8H,17H2,1-2H3,(H,18,19). The predicted octanol–water partition coefficient (Wildman–Crippen LogP) is 3.28. The fourth-order valence-corrected chi connectivity index (χ4v) is 1.81. The van der Waals surface area contributed by atoms with Crippen molar-refractivity contribution in [3.8, 4) is 0 Å². The van der Waals surface area contributed by atoms with Gasteiger partial charge in [-0.25, -0.2) is 4.39 Å². The van der Waals surface area contributed by atoms with Gasteiger partial charge in [-0.2, -0.15) is 0 Å². The molecule has 0 fully saturated rings. The average Bonchev–Trinajstić information content (AvgIpc) is 2.36. The van der Waals surface area contributed by atoms with Crippen molar-refractivity contribution < 1.29 is 9.18 Å². The first kappa shape index (κ1) is 13.1. The van der Waals surface area contributed by atoms with Crippen molar-refractivity contribution in [3.05, 3.63) is 58.9 Å². The molecule has 0 aliphatic carbocycles. The normalized spacial score (nSPS) is 10.3. The van der Waals surface area contributed by atoms with Gasteiger partial charge in [0.15, 0.2) is 0 Å².